The minimum Gasteiger partial charge on any atom is -0.0821 e. The monoisotopic (exact) mass is 306 g/mol. The molecule has 0 aromatic heterocycles. The summed E-state index contributed by atoms with van der Waals surface area (Å²) in [6.07, 6.45) is 11.8. The van der Waals surface area contributed by atoms with Gasteiger partial charge in [0, 0.05) is 9.49 Å². The highest BCUT2D eigenvalue weighted by atomic mass is 33.1. The van der Waals surface area contributed by atoms with Gasteiger partial charge < -0.3 is 0 Å². The smallest absolute Gasteiger partial charge is 0.0457 e. The van der Waals surface area contributed by atoms with E-state index in [1.54, 1.807) is 0 Å². The fourth-order valence-electron chi connectivity index (χ4n) is 3.43. The first-order chi connectivity index (χ1) is 9.20. The third-order valence-corrected chi connectivity index (χ3v) is 7.60. The van der Waals surface area contributed by atoms with Gasteiger partial charge in [0.2, 0.25) is 0 Å². The Balaban J connectivity index is 2.06. The van der Waals surface area contributed by atoms with Crippen LogP contribution in [0.5, 0.6) is 0 Å². The molecule has 2 aliphatic rings. The summed E-state index contributed by atoms with van der Waals surface area (Å²) in [7, 11) is 4.09. The van der Waals surface area contributed by atoms with Gasteiger partial charge in [-0.15, -0.1) is 0 Å². The van der Waals surface area contributed by atoms with Crippen LogP contribution in [0.15, 0.2) is 46.6 Å². The minimum absolute atomic E-state index is 0.230. The Labute approximate surface area is 132 Å². The summed E-state index contributed by atoms with van der Waals surface area (Å²) in [5.74, 6) is 0. The van der Waals surface area contributed by atoms with E-state index in [4.69, 9.17) is 0 Å². The molecule has 2 rings (SSSR count). The van der Waals surface area contributed by atoms with E-state index in [1.165, 1.54) is 22.3 Å². The lowest BCUT2D eigenvalue weighted by atomic mass is 9.92. The van der Waals surface area contributed by atoms with Crippen LogP contribution in [-0.4, -0.2) is 9.49 Å². The standard InChI is InChI=1S/C18H26S2/c1-13-7-14(2)10-17(5,9-13)19-20-18(6)11-15(3)8-16(4)12-18/h7-9,11H,10,12H2,1-6H3. The lowest BCUT2D eigenvalue weighted by Gasteiger charge is -2.35. The van der Waals surface area contributed by atoms with Crippen molar-refractivity contribution in [2.24, 2.45) is 0 Å². The second-order valence-corrected chi connectivity index (χ2v) is 10.1. The van der Waals surface area contributed by atoms with E-state index < -0.39 is 0 Å². The Morgan fingerprint density at radius 1 is 0.750 bits per heavy atom. The molecule has 0 aliphatic heterocycles. The highest BCUT2D eigenvalue weighted by Crippen LogP contribution is 2.52. The Morgan fingerprint density at radius 3 is 1.40 bits per heavy atom. The zero-order valence-corrected chi connectivity index (χ0v) is 15.2. The first-order valence-corrected chi connectivity index (χ1v) is 9.45. The largest absolute Gasteiger partial charge is 0.0821 e. The van der Waals surface area contributed by atoms with Crippen LogP contribution in [0.25, 0.3) is 0 Å². The summed E-state index contributed by atoms with van der Waals surface area (Å²) in [5, 5.41) is 0. The summed E-state index contributed by atoms with van der Waals surface area (Å²) in [4.78, 5) is 0. The fourth-order valence-corrected chi connectivity index (χ4v) is 6.64. The predicted octanol–water partition coefficient (Wildman–Crippen LogP) is 6.48. The first-order valence-electron chi connectivity index (χ1n) is 7.30. The van der Waals surface area contributed by atoms with E-state index in [1.807, 2.05) is 21.6 Å². The summed E-state index contributed by atoms with van der Waals surface area (Å²) < 4.78 is 0.459. The van der Waals surface area contributed by atoms with Crippen molar-refractivity contribution >= 4 is 21.6 Å². The van der Waals surface area contributed by atoms with Gasteiger partial charge in [-0.1, -0.05) is 68.2 Å². The van der Waals surface area contributed by atoms with Crippen molar-refractivity contribution in [3.8, 4) is 0 Å². The van der Waals surface area contributed by atoms with Crippen LogP contribution in [0.3, 0.4) is 0 Å². The molecule has 2 aliphatic carbocycles. The van der Waals surface area contributed by atoms with E-state index in [2.05, 4.69) is 65.8 Å². The molecule has 0 saturated carbocycles. The Kier molecular flexibility index (Phi) is 4.66. The molecule has 0 bridgehead atoms. The number of hydrogen-bond donors (Lipinski definition) is 0. The molecule has 0 aromatic rings. The molecular formula is C18H26S2. The van der Waals surface area contributed by atoms with E-state index in [-0.39, 0.29) is 9.49 Å². The van der Waals surface area contributed by atoms with Gasteiger partial charge in [0.05, 0.1) is 0 Å². The van der Waals surface area contributed by atoms with Crippen LogP contribution in [0.4, 0.5) is 0 Å². The van der Waals surface area contributed by atoms with Gasteiger partial charge >= 0.3 is 0 Å². The maximum atomic E-state index is 2.43. The van der Waals surface area contributed by atoms with Crippen LogP contribution in [0.1, 0.15) is 54.4 Å². The second kappa shape index (κ2) is 5.81. The maximum absolute atomic E-state index is 2.43. The summed E-state index contributed by atoms with van der Waals surface area (Å²) >= 11 is 0. The highest BCUT2D eigenvalue weighted by Gasteiger charge is 2.32. The molecular weight excluding hydrogens is 280 g/mol. The normalized spacial score (nSPS) is 34.1. The van der Waals surface area contributed by atoms with E-state index in [0.717, 1.165) is 12.8 Å². The molecule has 0 spiro atoms. The average Bonchev–Trinajstić information content (AvgIpc) is 2.23. The van der Waals surface area contributed by atoms with E-state index in [9.17, 15) is 0 Å². The molecule has 0 N–H and O–H groups in total. The van der Waals surface area contributed by atoms with Crippen LogP contribution in [0.2, 0.25) is 0 Å². The van der Waals surface area contributed by atoms with Crippen molar-refractivity contribution in [1.29, 1.82) is 0 Å². The molecule has 2 unspecified atom stereocenters. The van der Waals surface area contributed by atoms with E-state index >= 15 is 0 Å². The minimum atomic E-state index is 0.230. The maximum Gasteiger partial charge on any atom is 0.0457 e. The summed E-state index contributed by atoms with van der Waals surface area (Å²) in [6, 6.07) is 0. The molecule has 0 fully saturated rings. The second-order valence-electron chi connectivity index (χ2n) is 6.90. The van der Waals surface area contributed by atoms with Crippen LogP contribution < -0.4 is 0 Å². The lowest BCUT2D eigenvalue weighted by Crippen LogP contribution is -2.24. The van der Waals surface area contributed by atoms with Gasteiger partial charge in [-0.05, 0) is 54.4 Å². The molecule has 110 valence electrons. The van der Waals surface area contributed by atoms with Gasteiger partial charge in [0.25, 0.3) is 0 Å². The van der Waals surface area contributed by atoms with Crippen molar-refractivity contribution in [3.05, 3.63) is 46.6 Å². The summed E-state index contributed by atoms with van der Waals surface area (Å²) in [6.45, 7) is 13.7. The molecule has 0 radical (unpaired) electrons. The van der Waals surface area contributed by atoms with Crippen LogP contribution >= 0.6 is 21.6 Å². The Hall–Kier alpha value is -0.340. The number of rotatable bonds is 3. The third-order valence-electron chi connectivity index (χ3n) is 3.70. The van der Waals surface area contributed by atoms with E-state index in [0.29, 0.717) is 0 Å². The number of hydrogen-bond acceptors (Lipinski definition) is 2. The van der Waals surface area contributed by atoms with Gasteiger partial charge in [-0.25, -0.2) is 0 Å². The Bertz CT molecular complexity index is 474. The fraction of sp³-hybridized carbons (Fsp3) is 0.556. The van der Waals surface area contributed by atoms with Crippen LogP contribution in [-0.2, 0) is 0 Å². The third kappa shape index (κ3) is 4.08. The number of allylic oxidation sites excluding steroid dienone is 6. The zero-order chi connectivity index (χ0) is 15.0. The zero-order valence-electron chi connectivity index (χ0n) is 13.5. The molecule has 0 heterocycles. The van der Waals surface area contributed by atoms with Crippen molar-refractivity contribution in [2.75, 3.05) is 0 Å². The summed E-state index contributed by atoms with van der Waals surface area (Å²) in [5.41, 5.74) is 5.80. The van der Waals surface area contributed by atoms with Gasteiger partial charge in [0.15, 0.2) is 0 Å². The lowest BCUT2D eigenvalue weighted by molar-refractivity contribution is 0.752. The molecule has 0 amide bonds. The van der Waals surface area contributed by atoms with Gasteiger partial charge in [-0.2, -0.15) is 0 Å². The SMILES string of the molecule is CC1=CC(C)(SSC2(C)C=C(C)C=C(C)C2)CC(C)=C1. The van der Waals surface area contributed by atoms with Crippen molar-refractivity contribution in [3.63, 3.8) is 0 Å². The molecule has 2 heteroatoms. The molecule has 20 heavy (non-hydrogen) atoms. The predicted molar refractivity (Wildman–Crippen MR) is 96.3 cm³/mol. The quantitative estimate of drug-likeness (QED) is 0.547. The van der Waals surface area contributed by atoms with Crippen molar-refractivity contribution < 1.29 is 0 Å². The molecule has 2 atom stereocenters. The Morgan fingerprint density at radius 2 is 1.10 bits per heavy atom. The topological polar surface area (TPSA) is 0 Å². The molecule has 0 nitrogen and oxygen atoms in total. The van der Waals surface area contributed by atoms with Crippen molar-refractivity contribution in [2.45, 2.75) is 63.9 Å². The van der Waals surface area contributed by atoms with Gasteiger partial charge in [-0.3, -0.25) is 0 Å². The van der Waals surface area contributed by atoms with Gasteiger partial charge in [0.1, 0.15) is 0 Å². The molecule has 0 saturated heterocycles. The van der Waals surface area contributed by atoms with Crippen molar-refractivity contribution in [1.82, 2.24) is 0 Å². The first kappa shape index (κ1) is 16.0. The molecule has 0 aromatic carbocycles. The highest BCUT2D eigenvalue weighted by molar-refractivity contribution is 8.77. The van der Waals surface area contributed by atoms with Crippen LogP contribution in [0, 0.1) is 0 Å². The average molecular weight is 307 g/mol.